The predicted molar refractivity (Wildman–Crippen MR) is 132 cm³/mol. The first kappa shape index (κ1) is 26.9. The molecule has 0 radical (unpaired) electrons. The Morgan fingerprint density at radius 2 is 1.69 bits per heavy atom. The number of hydrogen-bond acceptors (Lipinski definition) is 6. The van der Waals surface area contributed by atoms with E-state index in [0.717, 1.165) is 0 Å². The summed E-state index contributed by atoms with van der Waals surface area (Å²) in [4.78, 5) is 26.0. The number of halogens is 1. The molecule has 1 atom stereocenters. The van der Waals surface area contributed by atoms with Crippen LogP contribution in [-0.4, -0.2) is 71.0 Å². The minimum atomic E-state index is -3.68. The highest BCUT2D eigenvalue weighted by Crippen LogP contribution is 2.27. The quantitative estimate of drug-likeness (QED) is 0.462. The maximum atomic E-state index is 13.0. The van der Waals surface area contributed by atoms with E-state index in [1.165, 1.54) is 42.8 Å². The van der Waals surface area contributed by atoms with Crippen LogP contribution < -0.4 is 15.4 Å². The average molecular weight is 524 g/mol. The van der Waals surface area contributed by atoms with Gasteiger partial charge in [-0.2, -0.15) is 4.31 Å². The van der Waals surface area contributed by atoms with Crippen molar-refractivity contribution >= 4 is 33.4 Å². The van der Waals surface area contributed by atoms with Crippen LogP contribution in [0.25, 0.3) is 0 Å². The molecule has 1 fully saturated rings. The van der Waals surface area contributed by atoms with Gasteiger partial charge in [-0.25, -0.2) is 8.42 Å². The molecule has 11 heteroatoms. The molecular formula is C24H30ClN3O6S. The smallest absolute Gasteiger partial charge is 0.251 e. The molecule has 2 N–H and O–H groups in total. The lowest BCUT2D eigenvalue weighted by Crippen LogP contribution is -2.54. The molecule has 1 aliphatic rings. The number of benzene rings is 2. The first-order chi connectivity index (χ1) is 16.8. The number of nitrogens with one attached hydrogen (secondary N) is 2. The number of piperidine rings is 1. The summed E-state index contributed by atoms with van der Waals surface area (Å²) in [7, 11) is -0.610. The first-order valence-electron chi connectivity index (χ1n) is 11.2. The van der Waals surface area contributed by atoms with Gasteiger partial charge in [0.25, 0.3) is 5.91 Å². The molecule has 2 amide bonds. The van der Waals surface area contributed by atoms with Crippen LogP contribution in [0.2, 0.25) is 5.02 Å². The van der Waals surface area contributed by atoms with Crippen LogP contribution in [0.15, 0.2) is 53.4 Å². The second-order valence-electron chi connectivity index (χ2n) is 8.16. The van der Waals surface area contributed by atoms with E-state index in [0.29, 0.717) is 42.3 Å². The van der Waals surface area contributed by atoms with Crippen LogP contribution in [0, 0.1) is 5.92 Å². The Hall–Kier alpha value is -2.66. The monoisotopic (exact) mass is 523 g/mol. The Labute approximate surface area is 210 Å². The summed E-state index contributed by atoms with van der Waals surface area (Å²) in [5.74, 6) is -0.347. The van der Waals surface area contributed by atoms with Crippen LogP contribution in [0.4, 0.5) is 0 Å². The van der Waals surface area contributed by atoms with Crippen molar-refractivity contribution in [2.45, 2.75) is 23.8 Å². The minimum Gasteiger partial charge on any atom is -0.497 e. The van der Waals surface area contributed by atoms with Gasteiger partial charge >= 0.3 is 0 Å². The van der Waals surface area contributed by atoms with Gasteiger partial charge in [-0.05, 0) is 67.3 Å². The third-order valence-electron chi connectivity index (χ3n) is 5.95. The van der Waals surface area contributed by atoms with Gasteiger partial charge in [0.2, 0.25) is 15.9 Å². The fourth-order valence-electron chi connectivity index (χ4n) is 3.96. The Balaban J connectivity index is 1.71. The Morgan fingerprint density at radius 3 is 2.26 bits per heavy atom. The highest BCUT2D eigenvalue weighted by molar-refractivity contribution is 7.89. The molecule has 0 unspecified atom stereocenters. The van der Waals surface area contributed by atoms with Crippen LogP contribution in [-0.2, 0) is 19.6 Å². The van der Waals surface area contributed by atoms with Crippen molar-refractivity contribution in [1.82, 2.24) is 14.9 Å². The van der Waals surface area contributed by atoms with Crippen molar-refractivity contribution in [1.29, 1.82) is 0 Å². The van der Waals surface area contributed by atoms with E-state index >= 15 is 0 Å². The van der Waals surface area contributed by atoms with Gasteiger partial charge in [-0.1, -0.05) is 11.6 Å². The van der Waals surface area contributed by atoms with Crippen molar-refractivity contribution < 1.29 is 27.5 Å². The molecule has 1 heterocycles. The van der Waals surface area contributed by atoms with E-state index in [4.69, 9.17) is 21.1 Å². The van der Waals surface area contributed by atoms with E-state index in [2.05, 4.69) is 10.6 Å². The molecule has 3 rings (SSSR count). The third kappa shape index (κ3) is 6.94. The van der Waals surface area contributed by atoms with Crippen LogP contribution in [0.5, 0.6) is 5.75 Å². The summed E-state index contributed by atoms with van der Waals surface area (Å²) < 4.78 is 37.5. The maximum absolute atomic E-state index is 13.0. The number of ether oxygens (including phenoxy) is 2. The molecule has 0 aliphatic carbocycles. The maximum Gasteiger partial charge on any atom is 0.251 e. The zero-order valence-corrected chi connectivity index (χ0v) is 21.3. The number of carbonyl (C=O) groups is 2. The average Bonchev–Trinajstić information content (AvgIpc) is 2.87. The molecule has 1 aliphatic heterocycles. The lowest BCUT2D eigenvalue weighted by molar-refractivity contribution is -0.124. The predicted octanol–water partition coefficient (Wildman–Crippen LogP) is 2.31. The zero-order valence-electron chi connectivity index (χ0n) is 19.7. The molecule has 0 spiro atoms. The molecule has 2 aromatic carbocycles. The van der Waals surface area contributed by atoms with Crippen LogP contribution in [0.1, 0.15) is 23.2 Å². The fourth-order valence-corrected chi connectivity index (χ4v) is 5.55. The van der Waals surface area contributed by atoms with Crippen molar-refractivity contribution in [3.8, 4) is 5.75 Å². The highest BCUT2D eigenvalue weighted by Gasteiger charge is 2.36. The number of amides is 2. The first-order valence-corrected chi connectivity index (χ1v) is 13.1. The van der Waals surface area contributed by atoms with Crippen molar-refractivity contribution in [3.05, 3.63) is 59.1 Å². The summed E-state index contributed by atoms with van der Waals surface area (Å²) >= 11 is 5.88. The van der Waals surface area contributed by atoms with Gasteiger partial charge in [-0.15, -0.1) is 0 Å². The summed E-state index contributed by atoms with van der Waals surface area (Å²) in [5, 5.41) is 6.09. The van der Waals surface area contributed by atoms with Gasteiger partial charge in [0, 0.05) is 37.3 Å². The van der Waals surface area contributed by atoms with Gasteiger partial charge in [-0.3, -0.25) is 9.59 Å². The zero-order chi connectivity index (χ0) is 25.4. The standard InChI is InChI=1S/C24H30ClN3O6S/c1-33-16-13-26-24(30)22(27-23(29)18-3-7-20(34-2)8-4-18)17-11-14-28(15-12-17)35(31,32)21-9-5-19(25)6-10-21/h3-10,17,22H,11-16H2,1-2H3,(H,26,30)(H,27,29)/t22-/m0/s1. The van der Waals surface area contributed by atoms with Gasteiger partial charge < -0.3 is 20.1 Å². The second-order valence-corrected chi connectivity index (χ2v) is 10.5. The molecule has 35 heavy (non-hydrogen) atoms. The van der Waals surface area contributed by atoms with Gasteiger partial charge in [0.05, 0.1) is 18.6 Å². The topological polar surface area (TPSA) is 114 Å². The molecule has 0 saturated carbocycles. The van der Waals surface area contributed by atoms with Crippen LogP contribution >= 0.6 is 11.6 Å². The summed E-state index contributed by atoms with van der Waals surface area (Å²) in [6.07, 6.45) is 0.830. The summed E-state index contributed by atoms with van der Waals surface area (Å²) in [6, 6.07) is 11.8. The summed E-state index contributed by atoms with van der Waals surface area (Å²) in [6.45, 7) is 1.10. The Kier molecular flexibility index (Phi) is 9.50. The molecule has 9 nitrogen and oxygen atoms in total. The summed E-state index contributed by atoms with van der Waals surface area (Å²) in [5.41, 5.74) is 0.392. The van der Waals surface area contributed by atoms with E-state index in [-0.39, 0.29) is 29.8 Å². The Bertz CT molecular complexity index is 1100. The molecule has 1 saturated heterocycles. The number of sulfonamides is 1. The minimum absolute atomic E-state index is 0.169. The molecule has 2 aromatic rings. The number of rotatable bonds is 10. The second kappa shape index (κ2) is 12.3. The van der Waals surface area contributed by atoms with Crippen LogP contribution in [0.3, 0.4) is 0 Å². The molecule has 0 bridgehead atoms. The molecule has 0 aromatic heterocycles. The van der Waals surface area contributed by atoms with Crippen molar-refractivity contribution in [3.63, 3.8) is 0 Å². The molecular weight excluding hydrogens is 494 g/mol. The fraction of sp³-hybridized carbons (Fsp3) is 0.417. The number of methoxy groups -OCH3 is 2. The molecule has 190 valence electrons. The van der Waals surface area contributed by atoms with Crippen molar-refractivity contribution in [2.24, 2.45) is 5.92 Å². The lowest BCUT2D eigenvalue weighted by Gasteiger charge is -2.35. The SMILES string of the molecule is COCCNC(=O)[C@@H](NC(=O)c1ccc(OC)cc1)C1CCN(S(=O)(=O)c2ccc(Cl)cc2)CC1. The Morgan fingerprint density at radius 1 is 1.06 bits per heavy atom. The number of carbonyl (C=O) groups excluding carboxylic acids is 2. The lowest BCUT2D eigenvalue weighted by atomic mass is 9.89. The highest BCUT2D eigenvalue weighted by atomic mass is 35.5. The van der Waals surface area contributed by atoms with Crippen molar-refractivity contribution in [2.75, 3.05) is 40.5 Å². The third-order valence-corrected chi connectivity index (χ3v) is 8.11. The largest absolute Gasteiger partial charge is 0.497 e. The van der Waals surface area contributed by atoms with E-state index in [9.17, 15) is 18.0 Å². The van der Waals surface area contributed by atoms with Gasteiger partial charge in [0.1, 0.15) is 11.8 Å². The van der Waals surface area contributed by atoms with E-state index in [1.54, 1.807) is 24.3 Å². The van der Waals surface area contributed by atoms with Gasteiger partial charge in [0.15, 0.2) is 0 Å². The normalized spacial score (nSPS) is 15.9. The number of hydrogen-bond donors (Lipinski definition) is 2. The number of nitrogens with zero attached hydrogens (tertiary/aromatic N) is 1. The van der Waals surface area contributed by atoms with E-state index < -0.39 is 22.0 Å². The van der Waals surface area contributed by atoms with E-state index in [1.807, 2.05) is 0 Å².